The normalized spacial score (nSPS) is 15.6. The van der Waals surface area contributed by atoms with Crippen LogP contribution in [0.5, 0.6) is 0 Å². The van der Waals surface area contributed by atoms with Gasteiger partial charge < -0.3 is 18.6 Å². The highest BCUT2D eigenvalue weighted by Gasteiger charge is 2.29. The molecule has 9 aromatic carbocycles. The van der Waals surface area contributed by atoms with Gasteiger partial charge in [-0.3, -0.25) is 0 Å². The van der Waals surface area contributed by atoms with Gasteiger partial charge in [0.1, 0.15) is 11.2 Å². The van der Waals surface area contributed by atoms with Gasteiger partial charge in [0, 0.05) is 43.7 Å². The van der Waals surface area contributed by atoms with Crippen LogP contribution >= 0.6 is 0 Å². The molecule has 0 unspecified atom stereocenters. The third kappa shape index (κ3) is 6.85. The molecule has 2 fully saturated rings. The van der Waals surface area contributed by atoms with Crippen LogP contribution < -0.4 is 9.80 Å². The number of fused-ring (bicyclic) bond motifs is 6. The van der Waals surface area contributed by atoms with Crippen LogP contribution in [0.2, 0.25) is 0 Å². The van der Waals surface area contributed by atoms with Crippen LogP contribution in [0.15, 0.2) is 178 Å². The van der Waals surface area contributed by atoms with Gasteiger partial charge in [0.25, 0.3) is 0 Å². The van der Waals surface area contributed by atoms with Gasteiger partial charge in [-0.05, 0) is 132 Å². The van der Waals surface area contributed by atoms with Crippen molar-refractivity contribution in [3.05, 3.63) is 186 Å². The molecule has 2 aliphatic carbocycles. The second kappa shape index (κ2) is 17.6. The van der Waals surface area contributed by atoms with Crippen molar-refractivity contribution in [1.29, 1.82) is 0 Å². The van der Waals surface area contributed by atoms with Gasteiger partial charge in [0.15, 0.2) is 11.2 Å². The van der Waals surface area contributed by atoms with Crippen molar-refractivity contribution >= 4 is 105 Å². The number of hydrogen-bond acceptors (Lipinski definition) is 4. The van der Waals surface area contributed by atoms with E-state index in [0.717, 1.165) is 62.6 Å². The van der Waals surface area contributed by atoms with Gasteiger partial charge in [0.05, 0.1) is 22.7 Å². The summed E-state index contributed by atoms with van der Waals surface area (Å²) in [6, 6.07) is 54.6. The molecule has 0 N–H and O–H groups in total. The zero-order valence-electron chi connectivity index (χ0n) is 40.7. The summed E-state index contributed by atoms with van der Waals surface area (Å²) in [6.07, 6.45) is 20.1. The van der Waals surface area contributed by atoms with Crippen molar-refractivity contribution in [3.8, 4) is 0 Å². The number of aryl methyl sites for hydroxylation is 1. The lowest BCUT2D eigenvalue weighted by atomic mass is 9.83. The highest BCUT2D eigenvalue weighted by atomic mass is 16.3. The number of para-hydroxylation sites is 5. The van der Waals surface area contributed by atoms with E-state index in [9.17, 15) is 0 Å². The Kier molecular flexibility index (Phi) is 10.7. The number of rotatable bonds is 10. The molecular formula is C66H60N2O2. The summed E-state index contributed by atoms with van der Waals surface area (Å²) >= 11 is 0. The van der Waals surface area contributed by atoms with Crippen LogP contribution in [0.4, 0.5) is 28.4 Å². The fourth-order valence-electron chi connectivity index (χ4n) is 12.8. The number of benzene rings is 9. The molecule has 0 bridgehead atoms. The Morgan fingerprint density at radius 1 is 0.471 bits per heavy atom. The second-order valence-corrected chi connectivity index (χ2v) is 20.2. The Balaban J connectivity index is 1.03. The fraction of sp³-hybridized carbons (Fsp3) is 0.242. The smallest absolute Gasteiger partial charge is 0.159 e. The first-order valence-corrected chi connectivity index (χ1v) is 26.2. The molecule has 4 heteroatoms. The minimum atomic E-state index is 0.532. The Hall–Kier alpha value is -7.30. The van der Waals surface area contributed by atoms with E-state index < -0.39 is 0 Å². The minimum Gasteiger partial charge on any atom is -0.454 e. The average molecular weight is 913 g/mol. The minimum absolute atomic E-state index is 0.532. The van der Waals surface area contributed by atoms with Crippen molar-refractivity contribution in [2.75, 3.05) is 9.80 Å². The van der Waals surface area contributed by atoms with Crippen LogP contribution in [-0.4, -0.2) is 0 Å². The molecule has 0 amide bonds. The Bertz CT molecular complexity index is 3830. The van der Waals surface area contributed by atoms with E-state index in [1.807, 2.05) is 0 Å². The number of allylic oxidation sites excluding steroid dienone is 4. The monoisotopic (exact) mass is 912 g/mol. The van der Waals surface area contributed by atoms with E-state index in [0.29, 0.717) is 11.8 Å². The van der Waals surface area contributed by atoms with Crippen molar-refractivity contribution in [1.82, 2.24) is 0 Å². The predicted molar refractivity (Wildman–Crippen MR) is 298 cm³/mol. The molecule has 0 atom stereocenters. The molecule has 2 heterocycles. The van der Waals surface area contributed by atoms with Crippen molar-refractivity contribution in [3.63, 3.8) is 0 Å². The molecule has 2 saturated carbocycles. The van der Waals surface area contributed by atoms with Gasteiger partial charge in [-0.2, -0.15) is 0 Å². The lowest BCUT2D eigenvalue weighted by Crippen LogP contribution is -2.17. The first-order valence-electron chi connectivity index (χ1n) is 26.2. The molecule has 0 radical (unpaired) electrons. The highest BCUT2D eigenvalue weighted by molar-refractivity contribution is 6.28. The van der Waals surface area contributed by atoms with Gasteiger partial charge in [-0.25, -0.2) is 0 Å². The van der Waals surface area contributed by atoms with E-state index in [-0.39, 0.29) is 0 Å². The third-order valence-corrected chi connectivity index (χ3v) is 16.2. The van der Waals surface area contributed by atoms with Crippen LogP contribution in [-0.2, 0) is 0 Å². The first kappa shape index (κ1) is 42.8. The Labute approximate surface area is 410 Å². The standard InChI is InChI=1S/C66H60N2O2/c1-4-6-24-47(5-2)67(59-32-17-29-52-50-27-15-25-48(63(50)69-65(52)59)43-20-9-7-10-21-43)57-40-36-45-35-39-55-58(41-37-46-34-38-54(57)61(45)62(46)55)68(56-31-14-13-19-42(56)3)60-33-18-30-53-51-28-16-26-49(64(51)70-66(53)60)44-22-11-8-12-23-44/h4,6,13-19,24-41,43-44H,5,7-12,20-23H2,1-3H3/b6-4-,47-24+. The maximum Gasteiger partial charge on any atom is 0.159 e. The molecule has 70 heavy (non-hydrogen) atoms. The van der Waals surface area contributed by atoms with Gasteiger partial charge in [-0.1, -0.05) is 173 Å². The molecule has 0 saturated heterocycles. The largest absolute Gasteiger partial charge is 0.454 e. The lowest BCUT2D eigenvalue weighted by Gasteiger charge is -2.30. The van der Waals surface area contributed by atoms with E-state index in [2.05, 4.69) is 194 Å². The Morgan fingerprint density at radius 3 is 1.53 bits per heavy atom. The highest BCUT2D eigenvalue weighted by Crippen LogP contribution is 2.51. The van der Waals surface area contributed by atoms with Crippen molar-refractivity contribution in [2.24, 2.45) is 0 Å². The number of anilines is 5. The molecule has 346 valence electrons. The maximum atomic E-state index is 7.22. The third-order valence-electron chi connectivity index (χ3n) is 16.2. The summed E-state index contributed by atoms with van der Waals surface area (Å²) in [5.41, 5.74) is 14.6. The van der Waals surface area contributed by atoms with Gasteiger partial charge in [-0.15, -0.1) is 0 Å². The second-order valence-electron chi connectivity index (χ2n) is 20.2. The predicted octanol–water partition coefficient (Wildman–Crippen LogP) is 20.3. The Morgan fingerprint density at radius 2 is 0.957 bits per heavy atom. The average Bonchev–Trinajstić information content (AvgIpc) is 4.00. The summed E-state index contributed by atoms with van der Waals surface area (Å²) < 4.78 is 14.4. The lowest BCUT2D eigenvalue weighted by molar-refractivity contribution is 0.442. The molecular weight excluding hydrogens is 853 g/mol. The van der Waals surface area contributed by atoms with Gasteiger partial charge in [0.2, 0.25) is 0 Å². The molecule has 11 aromatic rings. The summed E-state index contributed by atoms with van der Waals surface area (Å²) in [4.78, 5) is 4.96. The SMILES string of the molecule is C/C=C\C=C(/CC)N(c1ccc2ccc3c(N(c4ccccc4C)c4cccc5c4oc4c(C6CCCCC6)cccc45)ccc4ccc1c2c43)c1cccc2c1oc1c(C3CCCCC3)cccc12. The zero-order valence-corrected chi connectivity index (χ0v) is 40.7. The van der Waals surface area contributed by atoms with E-state index in [1.54, 1.807) is 0 Å². The molecule has 2 aliphatic rings. The number of nitrogens with zero attached hydrogens (tertiary/aromatic N) is 2. The maximum absolute atomic E-state index is 7.22. The molecule has 0 aliphatic heterocycles. The molecule has 0 spiro atoms. The van der Waals surface area contributed by atoms with Crippen LogP contribution in [0, 0.1) is 6.92 Å². The van der Waals surface area contributed by atoms with Crippen LogP contribution in [0.1, 0.15) is 113 Å². The topological polar surface area (TPSA) is 32.8 Å². The molecule has 2 aromatic heterocycles. The summed E-state index contributed by atoms with van der Waals surface area (Å²) in [5, 5.41) is 12.1. The van der Waals surface area contributed by atoms with Crippen molar-refractivity contribution in [2.45, 2.75) is 103 Å². The zero-order chi connectivity index (χ0) is 46.9. The van der Waals surface area contributed by atoms with E-state index >= 15 is 0 Å². The summed E-state index contributed by atoms with van der Waals surface area (Å²) in [6.45, 7) is 6.59. The fourth-order valence-corrected chi connectivity index (χ4v) is 12.8. The van der Waals surface area contributed by atoms with Crippen molar-refractivity contribution < 1.29 is 8.83 Å². The van der Waals surface area contributed by atoms with Crippen LogP contribution in [0.25, 0.3) is 76.2 Å². The van der Waals surface area contributed by atoms with Crippen LogP contribution in [0.3, 0.4) is 0 Å². The van der Waals surface area contributed by atoms with E-state index in [1.165, 1.54) is 135 Å². The molecule has 13 rings (SSSR count). The first-order chi connectivity index (χ1) is 34.6. The quantitative estimate of drug-likeness (QED) is 0.101. The summed E-state index contributed by atoms with van der Waals surface area (Å²) in [5.74, 6) is 1.07. The number of furan rings is 2. The summed E-state index contributed by atoms with van der Waals surface area (Å²) in [7, 11) is 0. The van der Waals surface area contributed by atoms with E-state index in [4.69, 9.17) is 8.83 Å². The number of hydrogen-bond donors (Lipinski definition) is 0. The van der Waals surface area contributed by atoms with Gasteiger partial charge >= 0.3 is 0 Å². The molecule has 4 nitrogen and oxygen atoms in total.